The van der Waals surface area contributed by atoms with Gasteiger partial charge < -0.3 is 14.5 Å². The summed E-state index contributed by atoms with van der Waals surface area (Å²) >= 11 is 0. The molecule has 1 fully saturated rings. The van der Waals surface area contributed by atoms with Gasteiger partial charge in [0.1, 0.15) is 17.3 Å². The molecule has 1 N–H and O–H groups in total. The maximum atomic E-state index is 12.1. The number of likely N-dealkylation sites (tertiary alicyclic amines) is 1. The summed E-state index contributed by atoms with van der Waals surface area (Å²) in [6.45, 7) is 9.88. The van der Waals surface area contributed by atoms with Gasteiger partial charge in [-0.1, -0.05) is 18.2 Å². The highest BCUT2D eigenvalue weighted by atomic mass is 16.5. The molecule has 0 bridgehead atoms. The molecule has 1 amide bonds. The van der Waals surface area contributed by atoms with Gasteiger partial charge in [0, 0.05) is 18.7 Å². The van der Waals surface area contributed by atoms with Crippen molar-refractivity contribution >= 4 is 5.91 Å². The second-order valence-corrected chi connectivity index (χ2v) is 7.52. The summed E-state index contributed by atoms with van der Waals surface area (Å²) in [4.78, 5) is 14.5. The van der Waals surface area contributed by atoms with E-state index in [2.05, 4.69) is 16.3 Å². The highest BCUT2D eigenvalue weighted by molar-refractivity contribution is 5.77. The Hall–Kier alpha value is -2.27. The van der Waals surface area contributed by atoms with Gasteiger partial charge in [0.15, 0.2) is 6.61 Å². The zero-order valence-corrected chi connectivity index (χ0v) is 16.6. The van der Waals surface area contributed by atoms with Crippen LogP contribution < -0.4 is 10.1 Å². The highest BCUT2D eigenvalue weighted by Crippen LogP contribution is 2.21. The Morgan fingerprint density at radius 2 is 1.96 bits per heavy atom. The van der Waals surface area contributed by atoms with E-state index in [9.17, 15) is 4.79 Å². The molecule has 0 spiro atoms. The van der Waals surface area contributed by atoms with Gasteiger partial charge in [0.25, 0.3) is 5.91 Å². The third-order valence-corrected chi connectivity index (χ3v) is 5.29. The van der Waals surface area contributed by atoms with Crippen LogP contribution in [0.15, 0.2) is 34.7 Å². The number of aryl methyl sites for hydroxylation is 3. The summed E-state index contributed by atoms with van der Waals surface area (Å²) in [7, 11) is 0. The number of nitrogens with zero attached hydrogens (tertiary/aromatic N) is 1. The molecular weight excluding hydrogens is 340 g/mol. The average Bonchev–Trinajstić information content (AvgIpc) is 2.97. The van der Waals surface area contributed by atoms with Crippen molar-refractivity contribution in [3.63, 3.8) is 0 Å². The van der Waals surface area contributed by atoms with E-state index in [1.807, 2.05) is 45.0 Å². The van der Waals surface area contributed by atoms with Crippen LogP contribution in [-0.4, -0.2) is 37.0 Å². The lowest BCUT2D eigenvalue weighted by Crippen LogP contribution is -2.39. The molecule has 5 heteroatoms. The van der Waals surface area contributed by atoms with Crippen molar-refractivity contribution in [2.75, 3.05) is 26.2 Å². The van der Waals surface area contributed by atoms with Crippen molar-refractivity contribution in [1.82, 2.24) is 10.2 Å². The van der Waals surface area contributed by atoms with Crippen molar-refractivity contribution in [2.24, 2.45) is 5.92 Å². The largest absolute Gasteiger partial charge is 0.484 e. The molecule has 3 rings (SSSR count). The number of nitrogens with one attached hydrogen (secondary N) is 1. The molecule has 5 nitrogen and oxygen atoms in total. The third-order valence-electron chi connectivity index (χ3n) is 5.29. The second kappa shape index (κ2) is 9.09. The van der Waals surface area contributed by atoms with E-state index in [0.29, 0.717) is 5.92 Å². The lowest BCUT2D eigenvalue weighted by molar-refractivity contribution is -0.123. The van der Waals surface area contributed by atoms with E-state index in [1.54, 1.807) is 0 Å². The van der Waals surface area contributed by atoms with Crippen LogP contribution in [0.2, 0.25) is 0 Å². The van der Waals surface area contributed by atoms with Crippen LogP contribution in [0.5, 0.6) is 5.75 Å². The van der Waals surface area contributed by atoms with Gasteiger partial charge >= 0.3 is 0 Å². The molecule has 2 heterocycles. The number of para-hydroxylation sites is 1. The number of rotatable bonds is 7. The predicted octanol–water partition coefficient (Wildman–Crippen LogP) is 3.61. The van der Waals surface area contributed by atoms with Crippen molar-refractivity contribution in [3.8, 4) is 5.75 Å². The predicted molar refractivity (Wildman–Crippen MR) is 106 cm³/mol. The molecule has 27 heavy (non-hydrogen) atoms. The quantitative estimate of drug-likeness (QED) is 0.809. The fourth-order valence-electron chi connectivity index (χ4n) is 3.60. The highest BCUT2D eigenvalue weighted by Gasteiger charge is 2.21. The molecule has 0 aliphatic carbocycles. The Morgan fingerprint density at radius 1 is 1.22 bits per heavy atom. The second-order valence-electron chi connectivity index (χ2n) is 7.52. The molecule has 1 saturated heterocycles. The Kier molecular flexibility index (Phi) is 6.56. The molecule has 0 atom stereocenters. The van der Waals surface area contributed by atoms with Gasteiger partial charge in [0.05, 0.1) is 0 Å². The van der Waals surface area contributed by atoms with E-state index in [1.165, 1.54) is 5.56 Å². The molecule has 0 radical (unpaired) electrons. The first-order valence-electron chi connectivity index (χ1n) is 9.74. The Balaban J connectivity index is 1.35. The minimum absolute atomic E-state index is 0.0508. The van der Waals surface area contributed by atoms with Crippen molar-refractivity contribution in [1.29, 1.82) is 0 Å². The topological polar surface area (TPSA) is 54.7 Å². The number of carbonyl (C=O) groups is 1. The number of hydrogen-bond acceptors (Lipinski definition) is 4. The van der Waals surface area contributed by atoms with E-state index >= 15 is 0 Å². The molecule has 1 aliphatic rings. The first-order valence-corrected chi connectivity index (χ1v) is 9.74. The summed E-state index contributed by atoms with van der Waals surface area (Å²) in [5, 5.41) is 3.02. The number of hydrogen-bond donors (Lipinski definition) is 1. The molecule has 0 unspecified atom stereocenters. The number of ether oxygens (including phenoxy) is 1. The molecular formula is C22H30N2O3. The molecule has 1 aromatic carbocycles. The summed E-state index contributed by atoms with van der Waals surface area (Å²) in [6, 6.07) is 9.88. The van der Waals surface area contributed by atoms with Gasteiger partial charge in [0.2, 0.25) is 0 Å². The van der Waals surface area contributed by atoms with Crippen LogP contribution in [-0.2, 0) is 11.3 Å². The minimum atomic E-state index is -0.0508. The number of benzene rings is 1. The van der Waals surface area contributed by atoms with Crippen molar-refractivity contribution in [3.05, 3.63) is 53.0 Å². The van der Waals surface area contributed by atoms with Crippen LogP contribution >= 0.6 is 0 Å². The van der Waals surface area contributed by atoms with Gasteiger partial charge in [-0.05, 0) is 70.3 Å². The van der Waals surface area contributed by atoms with Gasteiger partial charge in [-0.2, -0.15) is 0 Å². The fourth-order valence-corrected chi connectivity index (χ4v) is 3.60. The molecule has 1 aliphatic heterocycles. The Morgan fingerprint density at radius 3 is 2.63 bits per heavy atom. The third kappa shape index (κ3) is 5.60. The minimum Gasteiger partial charge on any atom is -0.484 e. The summed E-state index contributed by atoms with van der Waals surface area (Å²) in [5.41, 5.74) is 2.33. The lowest BCUT2D eigenvalue weighted by Gasteiger charge is -2.31. The molecule has 146 valence electrons. The van der Waals surface area contributed by atoms with Crippen molar-refractivity contribution < 1.29 is 13.9 Å². The SMILES string of the molecule is Cc1cc(CN2CCC(CNC(=O)COc3ccccc3C)CC2)c(C)o1. The molecule has 2 aromatic rings. The van der Waals surface area contributed by atoms with E-state index in [-0.39, 0.29) is 12.5 Å². The summed E-state index contributed by atoms with van der Waals surface area (Å²) in [5.74, 6) is 3.26. The number of carbonyl (C=O) groups excluding carboxylic acids is 1. The average molecular weight is 370 g/mol. The van der Waals surface area contributed by atoms with Crippen LogP contribution in [0.25, 0.3) is 0 Å². The maximum absolute atomic E-state index is 12.1. The molecule has 0 saturated carbocycles. The zero-order valence-electron chi connectivity index (χ0n) is 16.6. The lowest BCUT2D eigenvalue weighted by atomic mass is 9.96. The van der Waals surface area contributed by atoms with Crippen LogP contribution in [0.3, 0.4) is 0 Å². The first kappa shape index (κ1) is 19.5. The number of piperidine rings is 1. The summed E-state index contributed by atoms with van der Waals surface area (Å²) in [6.07, 6.45) is 2.21. The van der Waals surface area contributed by atoms with E-state index in [4.69, 9.17) is 9.15 Å². The summed E-state index contributed by atoms with van der Waals surface area (Å²) < 4.78 is 11.2. The van der Waals surface area contributed by atoms with Crippen LogP contribution in [0.1, 0.15) is 35.5 Å². The number of furan rings is 1. The zero-order chi connectivity index (χ0) is 19.2. The first-order chi connectivity index (χ1) is 13.0. The Bertz CT molecular complexity index is 761. The number of amides is 1. The van der Waals surface area contributed by atoms with E-state index in [0.717, 1.165) is 61.9 Å². The smallest absolute Gasteiger partial charge is 0.257 e. The van der Waals surface area contributed by atoms with Crippen LogP contribution in [0.4, 0.5) is 0 Å². The fraction of sp³-hybridized carbons (Fsp3) is 0.500. The van der Waals surface area contributed by atoms with E-state index < -0.39 is 0 Å². The van der Waals surface area contributed by atoms with Crippen molar-refractivity contribution in [2.45, 2.75) is 40.2 Å². The maximum Gasteiger partial charge on any atom is 0.257 e. The monoisotopic (exact) mass is 370 g/mol. The van der Waals surface area contributed by atoms with Crippen LogP contribution in [0, 0.1) is 26.7 Å². The van der Waals surface area contributed by atoms with Gasteiger partial charge in [-0.3, -0.25) is 9.69 Å². The molecule has 1 aromatic heterocycles. The normalized spacial score (nSPS) is 15.7. The standard InChI is InChI=1S/C22H30N2O3/c1-16-6-4-5-7-21(16)26-15-22(25)23-13-19-8-10-24(11-9-19)14-20-12-17(2)27-18(20)3/h4-7,12,19H,8-11,13-15H2,1-3H3,(H,23,25). The van der Waals surface area contributed by atoms with Gasteiger partial charge in [-0.25, -0.2) is 0 Å². The Labute approximate surface area is 161 Å². The van der Waals surface area contributed by atoms with Gasteiger partial charge in [-0.15, -0.1) is 0 Å².